The molecule has 0 amide bonds. The SMILES string of the molecule is CC(C)CC1COCCN1Cn1nc(CO)n(C2CC2)c1=S. The lowest BCUT2D eigenvalue weighted by Gasteiger charge is -2.36. The van der Waals surface area contributed by atoms with Crippen molar-refractivity contribution < 1.29 is 9.84 Å². The van der Waals surface area contributed by atoms with E-state index in [-0.39, 0.29) is 6.61 Å². The molecule has 2 aliphatic rings. The van der Waals surface area contributed by atoms with Gasteiger partial charge in [-0.1, -0.05) is 13.8 Å². The average molecular weight is 326 g/mol. The quantitative estimate of drug-likeness (QED) is 0.810. The topological polar surface area (TPSA) is 55.4 Å². The summed E-state index contributed by atoms with van der Waals surface area (Å²) in [7, 11) is 0. The minimum atomic E-state index is -0.0499. The summed E-state index contributed by atoms with van der Waals surface area (Å²) in [6.07, 6.45) is 3.39. The van der Waals surface area contributed by atoms with Gasteiger partial charge in [0.25, 0.3) is 0 Å². The van der Waals surface area contributed by atoms with Gasteiger partial charge >= 0.3 is 0 Å². The Balaban J connectivity index is 1.77. The summed E-state index contributed by atoms with van der Waals surface area (Å²) < 4.78 is 10.3. The van der Waals surface area contributed by atoms with Gasteiger partial charge < -0.3 is 9.84 Å². The zero-order valence-electron chi connectivity index (χ0n) is 13.4. The highest BCUT2D eigenvalue weighted by molar-refractivity contribution is 7.71. The number of nitrogens with zero attached hydrogens (tertiary/aromatic N) is 4. The van der Waals surface area contributed by atoms with Gasteiger partial charge in [0.2, 0.25) is 0 Å². The van der Waals surface area contributed by atoms with Crippen molar-refractivity contribution in [3.8, 4) is 0 Å². The summed E-state index contributed by atoms with van der Waals surface area (Å²) in [5.74, 6) is 1.33. The highest BCUT2D eigenvalue weighted by atomic mass is 32.1. The van der Waals surface area contributed by atoms with Crippen molar-refractivity contribution in [2.24, 2.45) is 5.92 Å². The number of aliphatic hydroxyl groups excluding tert-OH is 1. The van der Waals surface area contributed by atoms with Gasteiger partial charge in [-0.3, -0.25) is 9.47 Å². The Labute approximate surface area is 136 Å². The summed E-state index contributed by atoms with van der Waals surface area (Å²) in [5, 5.41) is 14.1. The van der Waals surface area contributed by atoms with Crippen molar-refractivity contribution in [1.29, 1.82) is 0 Å². The lowest BCUT2D eigenvalue weighted by Crippen LogP contribution is -2.46. The van der Waals surface area contributed by atoms with E-state index >= 15 is 0 Å². The van der Waals surface area contributed by atoms with Crippen molar-refractivity contribution in [3.63, 3.8) is 0 Å². The van der Waals surface area contributed by atoms with E-state index in [2.05, 4.69) is 23.8 Å². The standard InChI is InChI=1S/C15H26N4O2S/c1-11(2)7-13-9-21-6-5-17(13)10-18-15(22)19(12-3-4-12)14(8-20)16-18/h11-13,20H,3-10H2,1-2H3. The maximum Gasteiger partial charge on any atom is 0.199 e. The van der Waals surface area contributed by atoms with Gasteiger partial charge in [-0.15, -0.1) is 0 Å². The van der Waals surface area contributed by atoms with Gasteiger partial charge in [0.05, 0.1) is 19.9 Å². The van der Waals surface area contributed by atoms with Crippen LogP contribution in [0.4, 0.5) is 0 Å². The highest BCUT2D eigenvalue weighted by Gasteiger charge is 2.29. The van der Waals surface area contributed by atoms with Crippen molar-refractivity contribution in [2.45, 2.75) is 58.5 Å². The zero-order chi connectivity index (χ0) is 15.7. The number of morpholine rings is 1. The Morgan fingerprint density at radius 2 is 2.18 bits per heavy atom. The Morgan fingerprint density at radius 1 is 1.41 bits per heavy atom. The molecule has 7 heteroatoms. The normalized spacial score (nSPS) is 23.4. The second-order valence-electron chi connectivity index (χ2n) is 6.77. The average Bonchev–Trinajstić information content (AvgIpc) is 3.26. The first-order valence-electron chi connectivity index (χ1n) is 8.21. The zero-order valence-corrected chi connectivity index (χ0v) is 14.3. The van der Waals surface area contributed by atoms with E-state index in [1.165, 1.54) is 0 Å². The predicted molar refractivity (Wildman–Crippen MR) is 86.0 cm³/mol. The van der Waals surface area contributed by atoms with Gasteiger partial charge in [-0.05, 0) is 37.4 Å². The number of hydrogen-bond acceptors (Lipinski definition) is 5. The first-order chi connectivity index (χ1) is 10.6. The molecule has 1 unspecified atom stereocenters. The fraction of sp³-hybridized carbons (Fsp3) is 0.867. The summed E-state index contributed by atoms with van der Waals surface area (Å²) in [6.45, 7) is 7.57. The van der Waals surface area contributed by atoms with Gasteiger partial charge in [0.1, 0.15) is 6.61 Å². The van der Waals surface area contributed by atoms with Crippen molar-refractivity contribution in [3.05, 3.63) is 10.6 Å². The molecule has 2 heterocycles. The Morgan fingerprint density at radius 3 is 2.82 bits per heavy atom. The van der Waals surface area contributed by atoms with Crippen LogP contribution in [-0.2, 0) is 18.0 Å². The van der Waals surface area contributed by atoms with E-state index in [1.54, 1.807) is 0 Å². The van der Waals surface area contributed by atoms with Gasteiger partial charge in [-0.25, -0.2) is 4.68 Å². The predicted octanol–water partition coefficient (Wildman–Crippen LogP) is 1.95. The minimum Gasteiger partial charge on any atom is -0.388 e. The number of aliphatic hydroxyl groups is 1. The van der Waals surface area contributed by atoms with Crippen LogP contribution < -0.4 is 0 Å². The molecule has 6 nitrogen and oxygen atoms in total. The molecule has 124 valence electrons. The van der Waals surface area contributed by atoms with Crippen LogP contribution >= 0.6 is 12.2 Å². The summed E-state index contributed by atoms with van der Waals surface area (Å²) in [4.78, 5) is 2.41. The van der Waals surface area contributed by atoms with Crippen LogP contribution in [0.5, 0.6) is 0 Å². The van der Waals surface area contributed by atoms with Gasteiger partial charge in [0.15, 0.2) is 10.6 Å². The first-order valence-corrected chi connectivity index (χ1v) is 8.61. The lowest BCUT2D eigenvalue weighted by atomic mass is 10.0. The molecule has 1 saturated heterocycles. The molecule has 0 bridgehead atoms. The summed E-state index contributed by atoms with van der Waals surface area (Å²) >= 11 is 5.58. The second kappa shape index (κ2) is 6.78. The third kappa shape index (κ3) is 3.42. The minimum absolute atomic E-state index is 0.0499. The van der Waals surface area contributed by atoms with E-state index in [9.17, 15) is 5.11 Å². The maximum atomic E-state index is 9.53. The van der Waals surface area contributed by atoms with Gasteiger partial charge in [-0.2, -0.15) is 5.10 Å². The first kappa shape index (κ1) is 16.1. The van der Waals surface area contributed by atoms with Crippen LogP contribution in [0.25, 0.3) is 0 Å². The third-order valence-corrected chi connectivity index (χ3v) is 4.81. The van der Waals surface area contributed by atoms with Crippen LogP contribution in [-0.4, -0.2) is 50.2 Å². The van der Waals surface area contributed by atoms with Crippen LogP contribution in [0, 0.1) is 10.7 Å². The summed E-state index contributed by atoms with van der Waals surface area (Å²) in [5.41, 5.74) is 0. The molecule has 1 atom stereocenters. The number of aromatic nitrogens is 3. The molecular formula is C15H26N4O2S. The maximum absolute atomic E-state index is 9.53. The fourth-order valence-electron chi connectivity index (χ4n) is 3.17. The van der Waals surface area contributed by atoms with E-state index < -0.39 is 0 Å². The van der Waals surface area contributed by atoms with E-state index in [1.807, 2.05) is 9.25 Å². The smallest absolute Gasteiger partial charge is 0.199 e. The van der Waals surface area contributed by atoms with Crippen LogP contribution in [0.15, 0.2) is 0 Å². The summed E-state index contributed by atoms with van der Waals surface area (Å²) in [6, 6.07) is 0.860. The molecule has 22 heavy (non-hydrogen) atoms. The molecular weight excluding hydrogens is 300 g/mol. The number of hydrogen-bond donors (Lipinski definition) is 1. The molecule has 1 aromatic rings. The van der Waals surface area contributed by atoms with Gasteiger partial charge in [0, 0.05) is 18.6 Å². The fourth-order valence-corrected chi connectivity index (χ4v) is 3.53. The Hall–Kier alpha value is -0.760. The Bertz CT molecular complexity index is 564. The van der Waals surface area contributed by atoms with Crippen molar-refractivity contribution >= 4 is 12.2 Å². The molecule has 0 aromatic carbocycles. The monoisotopic (exact) mass is 326 g/mol. The largest absolute Gasteiger partial charge is 0.388 e. The number of rotatable bonds is 6. The lowest BCUT2D eigenvalue weighted by molar-refractivity contribution is -0.0314. The van der Waals surface area contributed by atoms with E-state index in [0.717, 1.165) is 43.8 Å². The van der Waals surface area contributed by atoms with Crippen LogP contribution in [0.1, 0.15) is 45.0 Å². The van der Waals surface area contributed by atoms with E-state index in [0.29, 0.717) is 30.5 Å². The van der Waals surface area contributed by atoms with Crippen molar-refractivity contribution in [1.82, 2.24) is 19.2 Å². The molecule has 2 fully saturated rings. The number of ether oxygens (including phenoxy) is 1. The molecule has 1 aliphatic heterocycles. The molecule has 0 radical (unpaired) electrons. The van der Waals surface area contributed by atoms with E-state index in [4.69, 9.17) is 17.0 Å². The molecule has 1 aliphatic carbocycles. The molecule has 0 spiro atoms. The molecule has 1 aromatic heterocycles. The Kier molecular flexibility index (Phi) is 4.97. The van der Waals surface area contributed by atoms with Crippen LogP contribution in [0.3, 0.4) is 0 Å². The molecule has 3 rings (SSSR count). The highest BCUT2D eigenvalue weighted by Crippen LogP contribution is 2.36. The molecule has 1 N–H and O–H groups in total. The van der Waals surface area contributed by atoms with Crippen molar-refractivity contribution in [2.75, 3.05) is 19.8 Å². The van der Waals surface area contributed by atoms with Crippen LogP contribution in [0.2, 0.25) is 0 Å². The third-order valence-electron chi connectivity index (χ3n) is 4.40. The second-order valence-corrected chi connectivity index (χ2v) is 7.13. The molecule has 1 saturated carbocycles.